The van der Waals surface area contributed by atoms with Crippen molar-refractivity contribution in [1.29, 1.82) is 0 Å². The first-order valence-electron chi connectivity index (χ1n) is 7.92. The maximum Gasteiger partial charge on any atom is 0.333 e. The highest BCUT2D eigenvalue weighted by Gasteiger charge is 2.19. The topological polar surface area (TPSA) is 74.0 Å². The number of benzene rings is 1. The fourth-order valence-electron chi connectivity index (χ4n) is 2.84. The molecule has 3 heterocycles. The van der Waals surface area contributed by atoms with Gasteiger partial charge in [-0.05, 0) is 12.1 Å². The molecule has 134 valence electrons. The second kappa shape index (κ2) is 6.25. The van der Waals surface area contributed by atoms with Gasteiger partial charge in [0.15, 0.2) is 0 Å². The highest BCUT2D eigenvalue weighted by Crippen LogP contribution is 2.30. The summed E-state index contributed by atoms with van der Waals surface area (Å²) < 4.78 is 33.6. The number of carbonyl (C=O) groups is 1. The molecule has 1 aliphatic rings. The number of rotatable bonds is 3. The predicted octanol–water partition coefficient (Wildman–Crippen LogP) is 3.04. The Bertz CT molecular complexity index is 979. The number of fused-ring (bicyclic) bond motifs is 2. The summed E-state index contributed by atoms with van der Waals surface area (Å²) in [7, 11) is 0. The molecule has 3 aromatic rings. The van der Waals surface area contributed by atoms with Crippen LogP contribution in [0, 0.1) is 0 Å². The molecule has 1 amide bonds. The van der Waals surface area contributed by atoms with Crippen LogP contribution in [-0.2, 0) is 17.9 Å². The van der Waals surface area contributed by atoms with Gasteiger partial charge in [-0.1, -0.05) is 6.07 Å². The monoisotopic (exact) mass is 359 g/mol. The van der Waals surface area contributed by atoms with Crippen molar-refractivity contribution in [2.75, 3.05) is 5.32 Å². The summed E-state index contributed by atoms with van der Waals surface area (Å²) in [5.74, 6) is 0.523. The summed E-state index contributed by atoms with van der Waals surface area (Å²) in [5.41, 5.74) is 3.48. The van der Waals surface area contributed by atoms with Crippen molar-refractivity contribution in [2.45, 2.75) is 26.6 Å². The molecule has 0 spiro atoms. The Morgan fingerprint density at radius 1 is 1.35 bits per heavy atom. The van der Waals surface area contributed by atoms with E-state index in [4.69, 9.17) is 4.74 Å². The summed E-state index contributed by atoms with van der Waals surface area (Å²) in [5, 5.41) is 10.9. The summed E-state index contributed by atoms with van der Waals surface area (Å²) in [6.07, 6.45) is 2.63. The van der Waals surface area contributed by atoms with Crippen LogP contribution in [0.2, 0.25) is 0 Å². The van der Waals surface area contributed by atoms with E-state index >= 15 is 0 Å². The van der Waals surface area contributed by atoms with Crippen LogP contribution in [0.1, 0.15) is 24.7 Å². The maximum absolute atomic E-state index is 12.7. The van der Waals surface area contributed by atoms with Gasteiger partial charge < -0.3 is 10.1 Å². The molecular weight excluding hydrogens is 344 g/mol. The van der Waals surface area contributed by atoms with Gasteiger partial charge in [0.25, 0.3) is 0 Å². The summed E-state index contributed by atoms with van der Waals surface area (Å²) in [6, 6.07) is 7.24. The van der Waals surface area contributed by atoms with Crippen LogP contribution in [0.4, 0.5) is 14.5 Å². The van der Waals surface area contributed by atoms with E-state index in [1.165, 1.54) is 19.3 Å². The number of hydrogen-bond donors (Lipinski definition) is 1. The Kier molecular flexibility index (Phi) is 3.90. The molecule has 26 heavy (non-hydrogen) atoms. The Hall–Kier alpha value is -3.23. The summed E-state index contributed by atoms with van der Waals surface area (Å²) >= 11 is 0. The Labute approximate surface area is 147 Å². The molecule has 0 saturated heterocycles. The molecule has 2 aromatic heterocycles. The number of nitrogens with one attached hydrogen (secondary N) is 1. The van der Waals surface area contributed by atoms with E-state index in [-0.39, 0.29) is 12.5 Å². The lowest BCUT2D eigenvalue weighted by molar-refractivity contribution is -0.114. The molecule has 0 aliphatic carbocycles. The van der Waals surface area contributed by atoms with Gasteiger partial charge in [0, 0.05) is 36.0 Å². The molecule has 4 rings (SSSR count). The Morgan fingerprint density at radius 3 is 2.92 bits per heavy atom. The highest BCUT2D eigenvalue weighted by molar-refractivity contribution is 5.88. The molecule has 0 bridgehead atoms. The molecule has 7 nitrogen and oxygen atoms in total. The number of carbonyl (C=O) groups excluding carboxylic acids is 1. The first-order valence-corrected chi connectivity index (χ1v) is 7.92. The second-order valence-corrected chi connectivity index (χ2v) is 5.96. The van der Waals surface area contributed by atoms with E-state index in [0.717, 1.165) is 11.3 Å². The minimum atomic E-state index is -2.68. The molecule has 9 heteroatoms. The number of alkyl halides is 2. The molecule has 1 aromatic carbocycles. The van der Waals surface area contributed by atoms with Crippen LogP contribution in [-0.4, -0.2) is 25.5 Å². The van der Waals surface area contributed by atoms with Gasteiger partial charge in [0.1, 0.15) is 12.4 Å². The summed E-state index contributed by atoms with van der Waals surface area (Å²) in [6.45, 7) is -0.474. The molecular formula is C17H15F2N5O2. The molecule has 0 saturated carbocycles. The number of hydrogen-bond acceptors (Lipinski definition) is 4. The number of nitrogens with zero attached hydrogens (tertiary/aromatic N) is 4. The minimum Gasteiger partial charge on any atom is -0.487 e. The smallest absolute Gasteiger partial charge is 0.333 e. The SMILES string of the molecule is CC(=O)Nc1ccc2c(c1)OCc1cc(-c3cnn(C(F)F)c3)nn1C2. The molecule has 0 radical (unpaired) electrons. The van der Waals surface area contributed by atoms with E-state index in [2.05, 4.69) is 15.5 Å². The molecule has 0 unspecified atom stereocenters. The molecule has 1 aliphatic heterocycles. The van der Waals surface area contributed by atoms with Gasteiger partial charge in [-0.2, -0.15) is 19.0 Å². The molecule has 1 N–H and O–H groups in total. The third-order valence-electron chi connectivity index (χ3n) is 4.04. The maximum atomic E-state index is 12.7. The number of aromatic nitrogens is 4. The van der Waals surface area contributed by atoms with Crippen molar-refractivity contribution < 1.29 is 18.3 Å². The van der Waals surface area contributed by atoms with Crippen LogP contribution in [0.25, 0.3) is 11.3 Å². The van der Waals surface area contributed by atoms with Gasteiger partial charge in [-0.15, -0.1) is 0 Å². The van der Waals surface area contributed by atoms with Crippen molar-refractivity contribution in [3.8, 4) is 17.0 Å². The van der Waals surface area contributed by atoms with E-state index in [1.54, 1.807) is 22.9 Å². The lowest BCUT2D eigenvalue weighted by Gasteiger charge is -2.09. The average molecular weight is 359 g/mol. The van der Waals surface area contributed by atoms with Gasteiger partial charge in [-0.25, -0.2) is 4.68 Å². The summed E-state index contributed by atoms with van der Waals surface area (Å²) in [4.78, 5) is 11.2. The molecule has 0 atom stereocenters. The third kappa shape index (κ3) is 3.03. The Balaban J connectivity index is 1.61. The van der Waals surface area contributed by atoms with Crippen molar-refractivity contribution in [1.82, 2.24) is 19.6 Å². The normalized spacial score (nSPS) is 12.9. The number of anilines is 1. The van der Waals surface area contributed by atoms with Gasteiger partial charge in [0.05, 0.1) is 24.1 Å². The van der Waals surface area contributed by atoms with E-state index < -0.39 is 6.55 Å². The van der Waals surface area contributed by atoms with Gasteiger partial charge in [0.2, 0.25) is 5.91 Å². The van der Waals surface area contributed by atoms with Crippen molar-refractivity contribution in [3.05, 3.63) is 47.9 Å². The quantitative estimate of drug-likeness (QED) is 0.780. The van der Waals surface area contributed by atoms with E-state index in [9.17, 15) is 13.6 Å². The minimum absolute atomic E-state index is 0.152. The van der Waals surface area contributed by atoms with Crippen molar-refractivity contribution in [3.63, 3.8) is 0 Å². The van der Waals surface area contributed by atoms with E-state index in [1.807, 2.05) is 6.07 Å². The van der Waals surface area contributed by atoms with Crippen molar-refractivity contribution in [2.24, 2.45) is 0 Å². The van der Waals surface area contributed by atoms with Crippen LogP contribution < -0.4 is 10.1 Å². The Morgan fingerprint density at radius 2 is 2.19 bits per heavy atom. The zero-order valence-corrected chi connectivity index (χ0v) is 13.8. The standard InChI is InChI=1S/C17H15F2N5O2/c1-10(25)21-13-3-2-11-7-23-14(9-26-16(11)4-13)5-15(22-23)12-6-20-24(8-12)17(18)19/h2-6,8,17H,7,9H2,1H3,(H,21,25). The van der Waals surface area contributed by atoms with Crippen LogP contribution in [0.15, 0.2) is 36.7 Å². The first-order chi connectivity index (χ1) is 12.5. The first kappa shape index (κ1) is 16.2. The lowest BCUT2D eigenvalue weighted by Crippen LogP contribution is -2.06. The number of amides is 1. The zero-order valence-electron chi connectivity index (χ0n) is 13.8. The third-order valence-corrected chi connectivity index (χ3v) is 4.04. The number of halogens is 2. The fourth-order valence-corrected chi connectivity index (χ4v) is 2.84. The lowest BCUT2D eigenvalue weighted by atomic mass is 10.2. The van der Waals surface area contributed by atoms with Crippen LogP contribution >= 0.6 is 0 Å². The zero-order chi connectivity index (χ0) is 18.3. The van der Waals surface area contributed by atoms with Crippen LogP contribution in [0.5, 0.6) is 5.75 Å². The van der Waals surface area contributed by atoms with E-state index in [0.29, 0.717) is 33.9 Å². The van der Waals surface area contributed by atoms with Gasteiger partial charge in [-0.3, -0.25) is 9.48 Å². The van der Waals surface area contributed by atoms with Gasteiger partial charge >= 0.3 is 6.55 Å². The van der Waals surface area contributed by atoms with Crippen LogP contribution in [0.3, 0.4) is 0 Å². The highest BCUT2D eigenvalue weighted by atomic mass is 19.3. The largest absolute Gasteiger partial charge is 0.487 e. The van der Waals surface area contributed by atoms with Crippen molar-refractivity contribution >= 4 is 11.6 Å². The fraction of sp³-hybridized carbons (Fsp3) is 0.235. The second-order valence-electron chi connectivity index (χ2n) is 5.96. The molecule has 0 fully saturated rings. The average Bonchev–Trinajstić information content (AvgIpc) is 3.18. The predicted molar refractivity (Wildman–Crippen MR) is 88.9 cm³/mol. The number of ether oxygens (including phenoxy) is 1.